The third-order valence-corrected chi connectivity index (χ3v) is 3.61. The van der Waals surface area contributed by atoms with Gasteiger partial charge in [0.2, 0.25) is 0 Å². The molecule has 0 spiro atoms. The second kappa shape index (κ2) is 7.83. The van der Waals surface area contributed by atoms with E-state index in [4.69, 9.17) is 10.00 Å². The van der Waals surface area contributed by atoms with Crippen molar-refractivity contribution in [2.75, 3.05) is 6.61 Å². The summed E-state index contributed by atoms with van der Waals surface area (Å²) in [5, 5.41) is 8.86. The summed E-state index contributed by atoms with van der Waals surface area (Å²) in [6.45, 7) is 1.07. The van der Waals surface area contributed by atoms with E-state index in [0.717, 1.165) is 11.1 Å². The van der Waals surface area contributed by atoms with Crippen LogP contribution in [0.25, 0.3) is 5.57 Å². The number of ether oxygens (including phenoxy) is 1. The zero-order valence-electron chi connectivity index (χ0n) is 10.9. The van der Waals surface area contributed by atoms with Gasteiger partial charge in [-0.05, 0) is 32.9 Å². The predicted octanol–water partition coefficient (Wildman–Crippen LogP) is 4.55. The van der Waals surface area contributed by atoms with Crippen molar-refractivity contribution in [3.05, 3.63) is 75.4 Å². The maximum atomic E-state index is 8.86. The zero-order valence-corrected chi connectivity index (χ0v) is 13.1. The van der Waals surface area contributed by atoms with Gasteiger partial charge >= 0.3 is 0 Å². The van der Waals surface area contributed by atoms with Crippen LogP contribution in [0.3, 0.4) is 0 Å². The minimum atomic E-state index is 0.510. The number of halogens is 1. The van der Waals surface area contributed by atoms with Gasteiger partial charge in [0.25, 0.3) is 0 Å². The molecule has 20 heavy (non-hydrogen) atoms. The van der Waals surface area contributed by atoms with E-state index < -0.39 is 0 Å². The molecule has 100 valence electrons. The van der Waals surface area contributed by atoms with Gasteiger partial charge in [-0.25, -0.2) is 0 Å². The van der Waals surface area contributed by atoms with Crippen molar-refractivity contribution < 1.29 is 4.74 Å². The number of nitrogens with zero attached hydrogens (tertiary/aromatic N) is 1. The molecule has 2 aromatic carbocycles. The van der Waals surface area contributed by atoms with Crippen LogP contribution in [0.15, 0.2) is 58.7 Å². The van der Waals surface area contributed by atoms with E-state index in [1.54, 1.807) is 6.07 Å². The van der Waals surface area contributed by atoms with Gasteiger partial charge in [-0.1, -0.05) is 65.1 Å². The Morgan fingerprint density at radius 3 is 2.65 bits per heavy atom. The van der Waals surface area contributed by atoms with Crippen LogP contribution >= 0.6 is 22.6 Å². The van der Waals surface area contributed by atoms with Crippen molar-refractivity contribution in [3.8, 4) is 6.07 Å². The third-order valence-electron chi connectivity index (χ3n) is 2.86. The zero-order chi connectivity index (χ0) is 14.2. The van der Waals surface area contributed by atoms with Crippen molar-refractivity contribution in [3.63, 3.8) is 0 Å². The molecule has 0 bridgehead atoms. The van der Waals surface area contributed by atoms with Crippen LogP contribution in [0.5, 0.6) is 0 Å². The van der Waals surface area contributed by atoms with Gasteiger partial charge < -0.3 is 4.74 Å². The normalized spacial score (nSPS) is 11.1. The van der Waals surface area contributed by atoms with Crippen LogP contribution in [-0.4, -0.2) is 6.61 Å². The summed E-state index contributed by atoms with van der Waals surface area (Å²) >= 11 is 2.23. The summed E-state index contributed by atoms with van der Waals surface area (Å²) in [6.07, 6.45) is 0. The molecule has 0 atom stereocenters. The number of rotatable bonds is 5. The average molecular weight is 375 g/mol. The topological polar surface area (TPSA) is 33.0 Å². The molecule has 0 saturated heterocycles. The molecule has 0 amide bonds. The monoisotopic (exact) mass is 375 g/mol. The Hall–Kier alpha value is -1.64. The van der Waals surface area contributed by atoms with Crippen LogP contribution in [0, 0.1) is 11.3 Å². The standard InChI is InChI=1S/C17H14INO/c18-10-17(16-7-2-1-3-8-16)13-20-12-15-6-4-5-14(9-15)11-19/h1-10H,12-13H2/b17-10-. The molecule has 0 heterocycles. The average Bonchev–Trinajstić information content (AvgIpc) is 2.52. The highest BCUT2D eigenvalue weighted by atomic mass is 127. The van der Waals surface area contributed by atoms with Crippen LogP contribution in [-0.2, 0) is 11.3 Å². The lowest BCUT2D eigenvalue weighted by Gasteiger charge is -2.08. The summed E-state index contributed by atoms with van der Waals surface area (Å²) in [5.74, 6) is 0. The maximum absolute atomic E-state index is 8.86. The van der Waals surface area contributed by atoms with Gasteiger partial charge in [0.15, 0.2) is 0 Å². The molecule has 0 unspecified atom stereocenters. The summed E-state index contributed by atoms with van der Waals surface area (Å²) in [6, 6.07) is 19.8. The Kier molecular flexibility index (Phi) is 5.78. The predicted molar refractivity (Wildman–Crippen MR) is 89.3 cm³/mol. The summed E-state index contributed by atoms with van der Waals surface area (Å²) < 4.78 is 7.78. The van der Waals surface area contributed by atoms with Crippen molar-refractivity contribution in [1.82, 2.24) is 0 Å². The molecule has 0 aliphatic carbocycles. The first-order chi connectivity index (χ1) is 9.83. The van der Waals surface area contributed by atoms with Gasteiger partial charge in [-0.2, -0.15) is 5.26 Å². The summed E-state index contributed by atoms with van der Waals surface area (Å²) in [5.41, 5.74) is 4.01. The minimum absolute atomic E-state index is 0.510. The fourth-order valence-electron chi connectivity index (χ4n) is 1.84. The van der Waals surface area contributed by atoms with E-state index in [2.05, 4.69) is 40.8 Å². The molecule has 2 aromatic rings. The van der Waals surface area contributed by atoms with Crippen molar-refractivity contribution in [2.45, 2.75) is 6.61 Å². The Morgan fingerprint density at radius 1 is 1.15 bits per heavy atom. The van der Waals surface area contributed by atoms with Gasteiger partial charge in [-0.3, -0.25) is 0 Å². The largest absolute Gasteiger partial charge is 0.372 e. The number of hydrogen-bond donors (Lipinski definition) is 0. The molecule has 2 rings (SSSR count). The van der Waals surface area contributed by atoms with Gasteiger partial charge in [-0.15, -0.1) is 0 Å². The third kappa shape index (κ3) is 4.19. The van der Waals surface area contributed by atoms with E-state index in [-0.39, 0.29) is 0 Å². The van der Waals surface area contributed by atoms with Crippen LogP contribution < -0.4 is 0 Å². The van der Waals surface area contributed by atoms with Crippen molar-refractivity contribution in [1.29, 1.82) is 5.26 Å². The first-order valence-electron chi connectivity index (χ1n) is 6.25. The van der Waals surface area contributed by atoms with Crippen LogP contribution in [0.1, 0.15) is 16.7 Å². The highest BCUT2D eigenvalue weighted by Gasteiger charge is 2.01. The highest BCUT2D eigenvalue weighted by molar-refractivity contribution is 14.1. The van der Waals surface area contributed by atoms with Gasteiger partial charge in [0, 0.05) is 0 Å². The van der Waals surface area contributed by atoms with Crippen molar-refractivity contribution >= 4 is 28.2 Å². The summed E-state index contributed by atoms with van der Waals surface area (Å²) in [7, 11) is 0. The maximum Gasteiger partial charge on any atom is 0.0991 e. The lowest BCUT2D eigenvalue weighted by molar-refractivity contribution is 0.153. The Morgan fingerprint density at radius 2 is 1.95 bits per heavy atom. The molecule has 0 aromatic heterocycles. The Balaban J connectivity index is 1.93. The van der Waals surface area contributed by atoms with Gasteiger partial charge in [0.05, 0.1) is 24.8 Å². The smallest absolute Gasteiger partial charge is 0.0991 e. The molecular formula is C17H14INO. The van der Waals surface area contributed by atoms with E-state index >= 15 is 0 Å². The van der Waals surface area contributed by atoms with Crippen LogP contribution in [0.2, 0.25) is 0 Å². The fourth-order valence-corrected chi connectivity index (χ4v) is 2.38. The Labute approximate surface area is 132 Å². The fraction of sp³-hybridized carbons (Fsp3) is 0.118. The minimum Gasteiger partial charge on any atom is -0.372 e. The van der Waals surface area contributed by atoms with Gasteiger partial charge in [0.1, 0.15) is 0 Å². The molecule has 0 N–H and O–H groups in total. The Bertz CT molecular complexity index is 629. The van der Waals surface area contributed by atoms with E-state index in [1.807, 2.05) is 40.5 Å². The number of benzene rings is 2. The molecule has 0 aliphatic heterocycles. The lowest BCUT2D eigenvalue weighted by atomic mass is 10.1. The first kappa shape index (κ1) is 14.8. The molecular weight excluding hydrogens is 361 g/mol. The number of hydrogen-bond acceptors (Lipinski definition) is 2. The molecule has 0 fully saturated rings. The molecule has 0 radical (unpaired) electrons. The summed E-state index contributed by atoms with van der Waals surface area (Å²) in [4.78, 5) is 0. The van der Waals surface area contributed by atoms with Crippen molar-refractivity contribution in [2.24, 2.45) is 0 Å². The first-order valence-corrected chi connectivity index (χ1v) is 7.49. The SMILES string of the molecule is N#Cc1cccc(COC/C(=C/I)c2ccccc2)c1. The van der Waals surface area contributed by atoms with Crippen LogP contribution in [0.4, 0.5) is 0 Å². The van der Waals surface area contributed by atoms with E-state index in [1.165, 1.54) is 5.56 Å². The lowest BCUT2D eigenvalue weighted by Crippen LogP contribution is -1.98. The molecule has 0 aliphatic rings. The van der Waals surface area contributed by atoms with E-state index in [0.29, 0.717) is 18.8 Å². The second-order valence-corrected chi connectivity index (χ2v) is 4.93. The molecule has 3 heteroatoms. The molecule has 2 nitrogen and oxygen atoms in total. The number of nitriles is 1. The molecule has 0 saturated carbocycles. The van der Waals surface area contributed by atoms with E-state index in [9.17, 15) is 0 Å². The highest BCUT2D eigenvalue weighted by Crippen LogP contribution is 2.17. The quantitative estimate of drug-likeness (QED) is 0.719. The second-order valence-electron chi connectivity index (χ2n) is 4.31.